The fourth-order valence-electron chi connectivity index (χ4n) is 2.74. The standard InChI is InChI=1S/C16H21F3N2O/c17-16(18,19)13-8-4-5-9-14(13)20-11-10-15(22)21-12-6-2-1-3-7-12/h4-5,8-9,12,20H,1-3,6-7,10-11H2,(H,21,22). The van der Waals surface area contributed by atoms with Crippen molar-refractivity contribution in [1.82, 2.24) is 5.32 Å². The van der Waals surface area contributed by atoms with Gasteiger partial charge in [0.1, 0.15) is 0 Å². The normalized spacial score (nSPS) is 16.3. The highest BCUT2D eigenvalue weighted by atomic mass is 19.4. The van der Waals surface area contributed by atoms with Gasteiger partial charge in [-0.15, -0.1) is 0 Å². The molecule has 1 aromatic rings. The molecule has 1 saturated carbocycles. The van der Waals surface area contributed by atoms with E-state index < -0.39 is 11.7 Å². The summed E-state index contributed by atoms with van der Waals surface area (Å²) in [5, 5.41) is 5.66. The van der Waals surface area contributed by atoms with Gasteiger partial charge in [0, 0.05) is 24.7 Å². The van der Waals surface area contributed by atoms with Crippen LogP contribution in [0.25, 0.3) is 0 Å². The number of alkyl halides is 3. The highest BCUT2D eigenvalue weighted by molar-refractivity contribution is 5.76. The van der Waals surface area contributed by atoms with E-state index in [1.807, 2.05) is 0 Å². The fraction of sp³-hybridized carbons (Fsp3) is 0.562. The van der Waals surface area contributed by atoms with Crippen LogP contribution in [0.3, 0.4) is 0 Å². The van der Waals surface area contributed by atoms with Crippen molar-refractivity contribution in [3.63, 3.8) is 0 Å². The van der Waals surface area contributed by atoms with E-state index >= 15 is 0 Å². The first-order valence-corrected chi connectivity index (χ1v) is 7.66. The summed E-state index contributed by atoms with van der Waals surface area (Å²) in [5.41, 5.74) is -0.692. The average Bonchev–Trinajstić information content (AvgIpc) is 2.48. The molecule has 0 bridgehead atoms. The Morgan fingerprint density at radius 1 is 1.14 bits per heavy atom. The molecule has 1 fully saturated rings. The number of anilines is 1. The molecule has 2 rings (SSSR count). The molecule has 22 heavy (non-hydrogen) atoms. The van der Waals surface area contributed by atoms with Gasteiger partial charge in [-0.3, -0.25) is 4.79 Å². The molecule has 0 aromatic heterocycles. The smallest absolute Gasteiger partial charge is 0.384 e. The van der Waals surface area contributed by atoms with Crippen molar-refractivity contribution in [3.8, 4) is 0 Å². The van der Waals surface area contributed by atoms with Crippen LogP contribution in [-0.2, 0) is 11.0 Å². The largest absolute Gasteiger partial charge is 0.418 e. The molecule has 1 aliphatic carbocycles. The number of amides is 1. The lowest BCUT2D eigenvalue weighted by atomic mass is 9.95. The van der Waals surface area contributed by atoms with E-state index in [2.05, 4.69) is 10.6 Å². The van der Waals surface area contributed by atoms with Crippen LogP contribution in [0.2, 0.25) is 0 Å². The van der Waals surface area contributed by atoms with Gasteiger partial charge < -0.3 is 10.6 Å². The minimum absolute atomic E-state index is 0.0143. The average molecular weight is 314 g/mol. The van der Waals surface area contributed by atoms with E-state index in [0.717, 1.165) is 31.7 Å². The van der Waals surface area contributed by atoms with Crippen LogP contribution < -0.4 is 10.6 Å². The topological polar surface area (TPSA) is 41.1 Å². The third-order valence-corrected chi connectivity index (χ3v) is 3.87. The minimum atomic E-state index is -4.39. The van der Waals surface area contributed by atoms with Crippen molar-refractivity contribution in [2.75, 3.05) is 11.9 Å². The van der Waals surface area contributed by atoms with E-state index in [0.29, 0.717) is 0 Å². The first kappa shape index (κ1) is 16.6. The highest BCUT2D eigenvalue weighted by Crippen LogP contribution is 2.34. The van der Waals surface area contributed by atoms with Gasteiger partial charge in [-0.25, -0.2) is 0 Å². The number of para-hydroxylation sites is 1. The second kappa shape index (κ2) is 7.51. The summed E-state index contributed by atoms with van der Waals surface area (Å²) in [7, 11) is 0. The number of halogens is 3. The van der Waals surface area contributed by atoms with Gasteiger partial charge in [-0.2, -0.15) is 13.2 Å². The first-order chi connectivity index (χ1) is 10.5. The summed E-state index contributed by atoms with van der Waals surface area (Å²) >= 11 is 0. The number of carbonyl (C=O) groups excluding carboxylic acids is 1. The van der Waals surface area contributed by atoms with E-state index in [-0.39, 0.29) is 30.6 Å². The Hall–Kier alpha value is -1.72. The second-order valence-electron chi connectivity index (χ2n) is 5.62. The van der Waals surface area contributed by atoms with Gasteiger partial charge in [0.05, 0.1) is 5.56 Å². The molecule has 1 aliphatic rings. The zero-order valence-electron chi connectivity index (χ0n) is 12.4. The van der Waals surface area contributed by atoms with Crippen molar-refractivity contribution < 1.29 is 18.0 Å². The van der Waals surface area contributed by atoms with Crippen LogP contribution in [-0.4, -0.2) is 18.5 Å². The van der Waals surface area contributed by atoms with Crippen molar-refractivity contribution in [1.29, 1.82) is 0 Å². The molecular weight excluding hydrogens is 293 g/mol. The Morgan fingerprint density at radius 3 is 2.50 bits per heavy atom. The third kappa shape index (κ3) is 4.93. The van der Waals surface area contributed by atoms with Gasteiger partial charge >= 0.3 is 6.18 Å². The molecule has 122 valence electrons. The summed E-state index contributed by atoms with van der Waals surface area (Å²) in [6, 6.07) is 5.53. The molecule has 0 atom stereocenters. The van der Waals surface area contributed by atoms with Gasteiger partial charge in [0.2, 0.25) is 5.91 Å². The summed E-state index contributed by atoms with van der Waals surface area (Å²) < 4.78 is 38.5. The maximum Gasteiger partial charge on any atom is 0.418 e. The zero-order chi connectivity index (χ0) is 16.0. The third-order valence-electron chi connectivity index (χ3n) is 3.87. The zero-order valence-corrected chi connectivity index (χ0v) is 12.4. The molecule has 0 unspecified atom stereocenters. The Bertz CT molecular complexity index is 496. The van der Waals surface area contributed by atoms with Crippen LogP contribution in [0.5, 0.6) is 0 Å². The Labute approximate surface area is 128 Å². The van der Waals surface area contributed by atoms with Crippen molar-refractivity contribution >= 4 is 11.6 Å². The number of nitrogens with one attached hydrogen (secondary N) is 2. The minimum Gasteiger partial charge on any atom is -0.384 e. The Balaban J connectivity index is 1.80. The number of rotatable bonds is 5. The van der Waals surface area contributed by atoms with Crippen molar-refractivity contribution in [3.05, 3.63) is 29.8 Å². The van der Waals surface area contributed by atoms with E-state index in [4.69, 9.17) is 0 Å². The lowest BCUT2D eigenvalue weighted by molar-refractivity contribution is -0.137. The number of hydrogen-bond acceptors (Lipinski definition) is 2. The van der Waals surface area contributed by atoms with Gasteiger partial charge in [0.25, 0.3) is 0 Å². The SMILES string of the molecule is O=C(CCNc1ccccc1C(F)(F)F)NC1CCCCC1. The van der Waals surface area contributed by atoms with Crippen molar-refractivity contribution in [2.24, 2.45) is 0 Å². The maximum absolute atomic E-state index is 12.8. The summed E-state index contributed by atoms with van der Waals surface area (Å²) in [4.78, 5) is 11.8. The van der Waals surface area contributed by atoms with E-state index in [1.165, 1.54) is 18.6 Å². The highest BCUT2D eigenvalue weighted by Gasteiger charge is 2.33. The lowest BCUT2D eigenvalue weighted by Crippen LogP contribution is -2.36. The monoisotopic (exact) mass is 314 g/mol. The predicted octanol–water partition coefficient (Wildman–Crippen LogP) is 3.96. The molecule has 0 spiro atoms. The molecule has 0 radical (unpaired) electrons. The lowest BCUT2D eigenvalue weighted by Gasteiger charge is -2.22. The Morgan fingerprint density at radius 2 is 1.82 bits per heavy atom. The van der Waals surface area contributed by atoms with Crippen LogP contribution in [0.15, 0.2) is 24.3 Å². The van der Waals surface area contributed by atoms with Crippen LogP contribution in [0.4, 0.5) is 18.9 Å². The Kier molecular flexibility index (Phi) is 5.69. The van der Waals surface area contributed by atoms with Crippen molar-refractivity contribution in [2.45, 2.75) is 50.7 Å². The molecule has 1 amide bonds. The first-order valence-electron chi connectivity index (χ1n) is 7.66. The van der Waals surface area contributed by atoms with Crippen LogP contribution in [0, 0.1) is 0 Å². The summed E-state index contributed by atoms with van der Waals surface area (Å²) in [5.74, 6) is -0.108. The quantitative estimate of drug-likeness (QED) is 0.864. The number of hydrogen-bond donors (Lipinski definition) is 2. The van der Waals surface area contributed by atoms with Gasteiger partial charge in [-0.05, 0) is 25.0 Å². The molecule has 0 saturated heterocycles. The molecule has 3 nitrogen and oxygen atoms in total. The number of carbonyl (C=O) groups is 1. The maximum atomic E-state index is 12.8. The number of benzene rings is 1. The van der Waals surface area contributed by atoms with Crippen LogP contribution in [0.1, 0.15) is 44.1 Å². The fourth-order valence-corrected chi connectivity index (χ4v) is 2.74. The molecule has 6 heteroatoms. The van der Waals surface area contributed by atoms with E-state index in [9.17, 15) is 18.0 Å². The molecule has 0 heterocycles. The molecule has 2 N–H and O–H groups in total. The molecule has 0 aliphatic heterocycles. The van der Waals surface area contributed by atoms with Gasteiger partial charge in [0.15, 0.2) is 0 Å². The molecular formula is C16H21F3N2O. The summed E-state index contributed by atoms with van der Waals surface area (Å²) in [6.07, 6.45) is 1.23. The summed E-state index contributed by atoms with van der Waals surface area (Å²) in [6.45, 7) is 0.186. The van der Waals surface area contributed by atoms with Gasteiger partial charge in [-0.1, -0.05) is 31.4 Å². The molecule has 1 aromatic carbocycles. The van der Waals surface area contributed by atoms with Crippen LogP contribution >= 0.6 is 0 Å². The van der Waals surface area contributed by atoms with E-state index in [1.54, 1.807) is 6.07 Å². The second-order valence-corrected chi connectivity index (χ2v) is 5.62. The predicted molar refractivity (Wildman–Crippen MR) is 79.6 cm³/mol.